The van der Waals surface area contributed by atoms with Crippen LogP contribution in [-0.4, -0.2) is 6.09 Å². The molecule has 3 aromatic carbocycles. The molecule has 0 saturated heterocycles. The Morgan fingerprint density at radius 3 is 1.86 bits per heavy atom. The van der Waals surface area contributed by atoms with E-state index in [1.165, 1.54) is 0 Å². The molecule has 0 spiro atoms. The SMILES string of the molecule is O=C(Nc1ccc(-c2ccccc2)cc1)Oc1ccccc1. The van der Waals surface area contributed by atoms with Crippen molar-refractivity contribution in [1.82, 2.24) is 0 Å². The van der Waals surface area contributed by atoms with Crippen molar-refractivity contribution in [3.05, 3.63) is 84.9 Å². The summed E-state index contributed by atoms with van der Waals surface area (Å²) in [6.45, 7) is 0. The van der Waals surface area contributed by atoms with E-state index in [2.05, 4.69) is 5.32 Å². The molecule has 3 aromatic rings. The highest BCUT2D eigenvalue weighted by Crippen LogP contribution is 2.21. The number of para-hydroxylation sites is 1. The van der Waals surface area contributed by atoms with Crippen LogP contribution in [0.25, 0.3) is 11.1 Å². The molecule has 0 fully saturated rings. The lowest BCUT2D eigenvalue weighted by molar-refractivity contribution is 0.215. The first-order valence-electron chi connectivity index (χ1n) is 7.01. The van der Waals surface area contributed by atoms with Crippen molar-refractivity contribution in [2.24, 2.45) is 0 Å². The molecule has 3 rings (SSSR count). The van der Waals surface area contributed by atoms with Crippen LogP contribution in [0.3, 0.4) is 0 Å². The minimum atomic E-state index is -0.501. The molecule has 0 unspecified atom stereocenters. The Bertz CT molecular complexity index is 737. The van der Waals surface area contributed by atoms with Crippen molar-refractivity contribution in [3.8, 4) is 16.9 Å². The molecule has 1 N–H and O–H groups in total. The fourth-order valence-electron chi connectivity index (χ4n) is 2.12. The van der Waals surface area contributed by atoms with Gasteiger partial charge in [-0.25, -0.2) is 4.79 Å². The number of carbonyl (C=O) groups excluding carboxylic acids is 1. The molecule has 0 heterocycles. The van der Waals surface area contributed by atoms with Gasteiger partial charge in [0, 0.05) is 5.69 Å². The fourth-order valence-corrected chi connectivity index (χ4v) is 2.12. The monoisotopic (exact) mass is 289 g/mol. The van der Waals surface area contributed by atoms with Gasteiger partial charge in [-0.05, 0) is 35.4 Å². The topological polar surface area (TPSA) is 38.3 Å². The lowest BCUT2D eigenvalue weighted by Gasteiger charge is -2.07. The van der Waals surface area contributed by atoms with E-state index in [4.69, 9.17) is 4.74 Å². The third kappa shape index (κ3) is 3.52. The second-order valence-corrected chi connectivity index (χ2v) is 4.77. The first kappa shape index (κ1) is 13.9. The van der Waals surface area contributed by atoms with Crippen molar-refractivity contribution in [2.45, 2.75) is 0 Å². The maximum absolute atomic E-state index is 11.8. The molecule has 0 saturated carbocycles. The van der Waals surface area contributed by atoms with Gasteiger partial charge in [-0.1, -0.05) is 60.7 Å². The van der Waals surface area contributed by atoms with Crippen LogP contribution in [0.5, 0.6) is 5.75 Å². The number of anilines is 1. The number of nitrogens with one attached hydrogen (secondary N) is 1. The van der Waals surface area contributed by atoms with Crippen molar-refractivity contribution in [1.29, 1.82) is 0 Å². The van der Waals surface area contributed by atoms with Crippen LogP contribution in [0, 0.1) is 0 Å². The molecule has 0 radical (unpaired) electrons. The Hall–Kier alpha value is -3.07. The van der Waals surface area contributed by atoms with E-state index in [1.807, 2.05) is 72.8 Å². The molecule has 0 aromatic heterocycles. The van der Waals surface area contributed by atoms with E-state index in [0.717, 1.165) is 11.1 Å². The summed E-state index contributed by atoms with van der Waals surface area (Å²) in [4.78, 5) is 11.8. The summed E-state index contributed by atoms with van der Waals surface area (Å²) in [5, 5.41) is 2.71. The molecule has 0 aliphatic heterocycles. The fraction of sp³-hybridized carbons (Fsp3) is 0. The highest BCUT2D eigenvalue weighted by atomic mass is 16.6. The summed E-state index contributed by atoms with van der Waals surface area (Å²) >= 11 is 0. The van der Waals surface area contributed by atoms with Crippen molar-refractivity contribution in [2.75, 3.05) is 5.32 Å². The predicted octanol–water partition coefficient (Wildman–Crippen LogP) is 4.96. The normalized spacial score (nSPS) is 10.0. The zero-order chi connectivity index (χ0) is 15.2. The standard InChI is InChI=1S/C19H15NO2/c21-19(22-18-9-5-2-6-10-18)20-17-13-11-16(12-14-17)15-7-3-1-4-8-15/h1-14H,(H,20,21). The second-order valence-electron chi connectivity index (χ2n) is 4.77. The summed E-state index contributed by atoms with van der Waals surface area (Å²) in [7, 11) is 0. The van der Waals surface area contributed by atoms with Gasteiger partial charge in [-0.2, -0.15) is 0 Å². The zero-order valence-electron chi connectivity index (χ0n) is 11.9. The highest BCUT2D eigenvalue weighted by Gasteiger charge is 2.05. The minimum Gasteiger partial charge on any atom is -0.410 e. The molecule has 0 aliphatic rings. The van der Waals surface area contributed by atoms with Gasteiger partial charge in [0.2, 0.25) is 0 Å². The van der Waals surface area contributed by atoms with Crippen molar-refractivity contribution >= 4 is 11.8 Å². The van der Waals surface area contributed by atoms with Crippen LogP contribution in [0.4, 0.5) is 10.5 Å². The molecule has 3 heteroatoms. The Morgan fingerprint density at radius 2 is 1.23 bits per heavy atom. The van der Waals surface area contributed by atoms with E-state index in [0.29, 0.717) is 11.4 Å². The van der Waals surface area contributed by atoms with Crippen LogP contribution < -0.4 is 10.1 Å². The van der Waals surface area contributed by atoms with Crippen LogP contribution in [0.1, 0.15) is 0 Å². The molecule has 0 bridgehead atoms. The quantitative estimate of drug-likeness (QED) is 0.739. The first-order chi connectivity index (χ1) is 10.8. The number of amides is 1. The number of hydrogen-bond donors (Lipinski definition) is 1. The lowest BCUT2D eigenvalue weighted by atomic mass is 10.1. The molecule has 1 amide bonds. The van der Waals surface area contributed by atoms with Gasteiger partial charge in [0.25, 0.3) is 0 Å². The summed E-state index contributed by atoms with van der Waals surface area (Å²) in [6, 6.07) is 26.7. The summed E-state index contributed by atoms with van der Waals surface area (Å²) in [5.74, 6) is 0.515. The van der Waals surface area contributed by atoms with Crippen molar-refractivity contribution < 1.29 is 9.53 Å². The van der Waals surface area contributed by atoms with Gasteiger partial charge in [0.05, 0.1) is 0 Å². The predicted molar refractivity (Wildman–Crippen MR) is 88.0 cm³/mol. The van der Waals surface area contributed by atoms with Crippen LogP contribution in [-0.2, 0) is 0 Å². The Balaban J connectivity index is 1.65. The van der Waals surface area contributed by atoms with Crippen molar-refractivity contribution in [3.63, 3.8) is 0 Å². The Kier molecular flexibility index (Phi) is 4.16. The van der Waals surface area contributed by atoms with E-state index in [1.54, 1.807) is 12.1 Å². The Morgan fingerprint density at radius 1 is 0.682 bits per heavy atom. The number of ether oxygens (including phenoxy) is 1. The molecule has 22 heavy (non-hydrogen) atoms. The molecule has 0 atom stereocenters. The molecular weight excluding hydrogens is 274 g/mol. The molecule has 0 aliphatic carbocycles. The van der Waals surface area contributed by atoms with E-state index >= 15 is 0 Å². The minimum absolute atomic E-state index is 0.501. The third-order valence-electron chi connectivity index (χ3n) is 3.19. The number of hydrogen-bond acceptors (Lipinski definition) is 2. The van der Waals surface area contributed by atoms with Crippen LogP contribution in [0.2, 0.25) is 0 Å². The van der Waals surface area contributed by atoms with Gasteiger partial charge < -0.3 is 4.74 Å². The largest absolute Gasteiger partial charge is 0.417 e. The van der Waals surface area contributed by atoms with Crippen LogP contribution >= 0.6 is 0 Å². The second kappa shape index (κ2) is 6.59. The lowest BCUT2D eigenvalue weighted by Crippen LogP contribution is -2.16. The summed E-state index contributed by atoms with van der Waals surface area (Å²) < 4.78 is 5.18. The zero-order valence-corrected chi connectivity index (χ0v) is 11.9. The van der Waals surface area contributed by atoms with Gasteiger partial charge >= 0.3 is 6.09 Å². The average Bonchev–Trinajstić information content (AvgIpc) is 2.57. The maximum atomic E-state index is 11.8. The first-order valence-corrected chi connectivity index (χ1v) is 7.01. The van der Waals surface area contributed by atoms with E-state index in [9.17, 15) is 4.79 Å². The molecule has 108 valence electrons. The Labute approximate surface area is 129 Å². The van der Waals surface area contributed by atoms with E-state index in [-0.39, 0.29) is 0 Å². The third-order valence-corrected chi connectivity index (χ3v) is 3.19. The maximum Gasteiger partial charge on any atom is 0.417 e. The summed E-state index contributed by atoms with van der Waals surface area (Å²) in [5.41, 5.74) is 2.93. The van der Waals surface area contributed by atoms with Gasteiger partial charge in [0.15, 0.2) is 0 Å². The average molecular weight is 289 g/mol. The van der Waals surface area contributed by atoms with Gasteiger partial charge in [-0.3, -0.25) is 5.32 Å². The summed E-state index contributed by atoms with van der Waals surface area (Å²) in [6.07, 6.45) is -0.501. The highest BCUT2D eigenvalue weighted by molar-refractivity contribution is 5.86. The number of benzene rings is 3. The van der Waals surface area contributed by atoms with E-state index < -0.39 is 6.09 Å². The molecular formula is C19H15NO2. The number of rotatable bonds is 3. The number of carbonyl (C=O) groups is 1. The smallest absolute Gasteiger partial charge is 0.410 e. The molecule has 3 nitrogen and oxygen atoms in total. The van der Waals surface area contributed by atoms with Crippen LogP contribution in [0.15, 0.2) is 84.9 Å². The van der Waals surface area contributed by atoms with Gasteiger partial charge in [0.1, 0.15) is 5.75 Å². The van der Waals surface area contributed by atoms with Gasteiger partial charge in [-0.15, -0.1) is 0 Å².